The smallest absolute Gasteiger partial charge is 0.00645 e. The van der Waals surface area contributed by atoms with Crippen LogP contribution in [-0.2, 0) is 0 Å². The Hall–Kier alpha value is -0.0400. The number of hydrogen-bond acceptors (Lipinski definition) is 1. The van der Waals surface area contributed by atoms with Crippen LogP contribution in [0.15, 0.2) is 0 Å². The summed E-state index contributed by atoms with van der Waals surface area (Å²) in [6.45, 7) is 8.19. The van der Waals surface area contributed by atoms with E-state index in [0.29, 0.717) is 0 Å². The standard InChI is InChI=1S/C15H31N/c1-4-11-16-15(5-2)10-9-14-8-6-7-13(3)12-14/h13-16H,4-12H2,1-3H3. The first kappa shape index (κ1) is 14.0. The summed E-state index contributed by atoms with van der Waals surface area (Å²) in [5, 5.41) is 3.67. The zero-order chi connectivity index (χ0) is 11.8. The molecular weight excluding hydrogens is 194 g/mol. The maximum absolute atomic E-state index is 3.67. The highest BCUT2D eigenvalue weighted by atomic mass is 14.9. The van der Waals surface area contributed by atoms with Crippen LogP contribution < -0.4 is 5.32 Å². The molecule has 0 aliphatic heterocycles. The largest absolute Gasteiger partial charge is 0.314 e. The highest BCUT2D eigenvalue weighted by Gasteiger charge is 2.19. The Kier molecular flexibility index (Phi) is 7.11. The molecule has 0 saturated heterocycles. The molecule has 1 heteroatoms. The van der Waals surface area contributed by atoms with Gasteiger partial charge >= 0.3 is 0 Å². The van der Waals surface area contributed by atoms with Crippen LogP contribution in [0.1, 0.15) is 72.1 Å². The minimum atomic E-state index is 0.775. The molecule has 0 aromatic carbocycles. The summed E-state index contributed by atoms with van der Waals surface area (Å²) in [6, 6.07) is 0.775. The van der Waals surface area contributed by atoms with Gasteiger partial charge in [0.25, 0.3) is 0 Å². The van der Waals surface area contributed by atoms with Gasteiger partial charge in [-0.1, -0.05) is 40.0 Å². The van der Waals surface area contributed by atoms with Crippen molar-refractivity contribution in [3.8, 4) is 0 Å². The second-order valence-electron chi connectivity index (χ2n) is 5.77. The molecule has 1 saturated carbocycles. The van der Waals surface area contributed by atoms with Crippen molar-refractivity contribution in [2.75, 3.05) is 6.54 Å². The minimum Gasteiger partial charge on any atom is -0.314 e. The van der Waals surface area contributed by atoms with E-state index in [0.717, 1.165) is 17.9 Å². The Morgan fingerprint density at radius 3 is 2.69 bits per heavy atom. The quantitative estimate of drug-likeness (QED) is 0.678. The van der Waals surface area contributed by atoms with Crippen molar-refractivity contribution in [2.24, 2.45) is 11.8 Å². The van der Waals surface area contributed by atoms with Crippen molar-refractivity contribution in [1.82, 2.24) is 5.32 Å². The van der Waals surface area contributed by atoms with E-state index in [-0.39, 0.29) is 0 Å². The first-order valence-electron chi connectivity index (χ1n) is 7.49. The van der Waals surface area contributed by atoms with Crippen LogP contribution in [0.5, 0.6) is 0 Å². The fraction of sp³-hybridized carbons (Fsp3) is 1.00. The molecule has 1 rings (SSSR count). The van der Waals surface area contributed by atoms with E-state index < -0.39 is 0 Å². The topological polar surface area (TPSA) is 12.0 Å². The van der Waals surface area contributed by atoms with E-state index in [9.17, 15) is 0 Å². The Balaban J connectivity index is 2.15. The van der Waals surface area contributed by atoms with E-state index >= 15 is 0 Å². The lowest BCUT2D eigenvalue weighted by Gasteiger charge is -2.28. The molecule has 0 aromatic heterocycles. The normalized spacial score (nSPS) is 27.9. The second-order valence-corrected chi connectivity index (χ2v) is 5.77. The predicted molar refractivity (Wildman–Crippen MR) is 72.7 cm³/mol. The predicted octanol–water partition coefficient (Wildman–Crippen LogP) is 4.37. The molecule has 3 atom stereocenters. The van der Waals surface area contributed by atoms with Gasteiger partial charge in [0.15, 0.2) is 0 Å². The minimum absolute atomic E-state index is 0.775. The van der Waals surface area contributed by atoms with Crippen LogP contribution in [0.3, 0.4) is 0 Å². The van der Waals surface area contributed by atoms with Crippen molar-refractivity contribution < 1.29 is 0 Å². The van der Waals surface area contributed by atoms with Gasteiger partial charge in [-0.3, -0.25) is 0 Å². The first-order chi connectivity index (χ1) is 7.76. The zero-order valence-corrected chi connectivity index (χ0v) is 11.6. The van der Waals surface area contributed by atoms with E-state index in [4.69, 9.17) is 0 Å². The van der Waals surface area contributed by atoms with Crippen molar-refractivity contribution in [3.63, 3.8) is 0 Å². The van der Waals surface area contributed by atoms with Gasteiger partial charge in [0.05, 0.1) is 0 Å². The maximum Gasteiger partial charge on any atom is 0.00645 e. The van der Waals surface area contributed by atoms with E-state index in [2.05, 4.69) is 26.1 Å². The summed E-state index contributed by atoms with van der Waals surface area (Å²) in [5.41, 5.74) is 0. The SMILES string of the molecule is CCCNC(CC)CCC1CCCC(C)C1. The van der Waals surface area contributed by atoms with Crippen LogP contribution in [0.4, 0.5) is 0 Å². The molecule has 1 aliphatic rings. The first-order valence-corrected chi connectivity index (χ1v) is 7.49. The van der Waals surface area contributed by atoms with Crippen LogP contribution in [-0.4, -0.2) is 12.6 Å². The van der Waals surface area contributed by atoms with Gasteiger partial charge in [0.2, 0.25) is 0 Å². The van der Waals surface area contributed by atoms with Gasteiger partial charge < -0.3 is 5.32 Å². The molecule has 3 unspecified atom stereocenters. The van der Waals surface area contributed by atoms with Crippen LogP contribution in [0.25, 0.3) is 0 Å². The van der Waals surface area contributed by atoms with Crippen molar-refractivity contribution in [3.05, 3.63) is 0 Å². The molecule has 0 aromatic rings. The van der Waals surface area contributed by atoms with E-state index in [1.165, 1.54) is 57.9 Å². The molecule has 16 heavy (non-hydrogen) atoms. The Labute approximate surface area is 102 Å². The summed E-state index contributed by atoms with van der Waals surface area (Å²) in [5.74, 6) is 2.02. The molecule has 0 spiro atoms. The van der Waals surface area contributed by atoms with Crippen molar-refractivity contribution >= 4 is 0 Å². The van der Waals surface area contributed by atoms with Gasteiger partial charge in [-0.25, -0.2) is 0 Å². The van der Waals surface area contributed by atoms with E-state index in [1.807, 2.05) is 0 Å². The molecular formula is C15H31N. The van der Waals surface area contributed by atoms with Crippen LogP contribution >= 0.6 is 0 Å². The van der Waals surface area contributed by atoms with Crippen molar-refractivity contribution in [1.29, 1.82) is 0 Å². The molecule has 0 heterocycles. The van der Waals surface area contributed by atoms with Gasteiger partial charge in [0, 0.05) is 6.04 Å². The van der Waals surface area contributed by atoms with Gasteiger partial charge in [-0.15, -0.1) is 0 Å². The maximum atomic E-state index is 3.67. The van der Waals surface area contributed by atoms with Crippen LogP contribution in [0, 0.1) is 11.8 Å². The summed E-state index contributed by atoms with van der Waals surface area (Å²) >= 11 is 0. The summed E-state index contributed by atoms with van der Waals surface area (Å²) in [7, 11) is 0. The average molecular weight is 225 g/mol. The second kappa shape index (κ2) is 8.11. The summed E-state index contributed by atoms with van der Waals surface area (Å²) in [6.07, 6.45) is 11.3. The van der Waals surface area contributed by atoms with Gasteiger partial charge in [-0.05, 0) is 50.5 Å². The highest BCUT2D eigenvalue weighted by Crippen LogP contribution is 2.31. The molecule has 1 fully saturated rings. The molecule has 0 radical (unpaired) electrons. The lowest BCUT2D eigenvalue weighted by molar-refractivity contribution is 0.255. The van der Waals surface area contributed by atoms with Crippen LogP contribution in [0.2, 0.25) is 0 Å². The molecule has 0 amide bonds. The van der Waals surface area contributed by atoms with E-state index in [1.54, 1.807) is 0 Å². The average Bonchev–Trinajstić information content (AvgIpc) is 2.29. The Morgan fingerprint density at radius 2 is 2.06 bits per heavy atom. The highest BCUT2D eigenvalue weighted by molar-refractivity contribution is 4.73. The third kappa shape index (κ3) is 5.34. The molecule has 1 nitrogen and oxygen atoms in total. The number of rotatable bonds is 7. The molecule has 1 N–H and O–H groups in total. The number of hydrogen-bond donors (Lipinski definition) is 1. The lowest BCUT2D eigenvalue weighted by Crippen LogP contribution is -2.30. The summed E-state index contributed by atoms with van der Waals surface area (Å²) in [4.78, 5) is 0. The van der Waals surface area contributed by atoms with Gasteiger partial charge in [0.1, 0.15) is 0 Å². The Bertz CT molecular complexity index is 167. The molecule has 0 bridgehead atoms. The monoisotopic (exact) mass is 225 g/mol. The zero-order valence-electron chi connectivity index (χ0n) is 11.6. The number of nitrogens with one attached hydrogen (secondary N) is 1. The fourth-order valence-corrected chi connectivity index (χ4v) is 3.06. The third-order valence-corrected chi connectivity index (χ3v) is 4.14. The van der Waals surface area contributed by atoms with Gasteiger partial charge in [-0.2, -0.15) is 0 Å². The van der Waals surface area contributed by atoms with Crippen molar-refractivity contribution in [2.45, 2.75) is 78.2 Å². The fourth-order valence-electron chi connectivity index (χ4n) is 3.06. The molecule has 96 valence electrons. The lowest BCUT2D eigenvalue weighted by atomic mass is 9.79. The summed E-state index contributed by atoms with van der Waals surface area (Å²) < 4.78 is 0. The third-order valence-electron chi connectivity index (χ3n) is 4.14. The molecule has 1 aliphatic carbocycles. The Morgan fingerprint density at radius 1 is 1.25 bits per heavy atom.